The number of carboxylic acids is 1. The molecule has 0 aromatic rings. The van der Waals surface area contributed by atoms with E-state index in [0.717, 1.165) is 0 Å². The quantitative estimate of drug-likeness (QED) is 0.315. The van der Waals surface area contributed by atoms with E-state index < -0.39 is 53.9 Å². The van der Waals surface area contributed by atoms with Crippen LogP contribution in [0.2, 0.25) is 0 Å². The van der Waals surface area contributed by atoms with Crippen LogP contribution < -0.4 is 0 Å². The first-order chi connectivity index (χ1) is 14.1. The zero-order valence-corrected chi connectivity index (χ0v) is 17.2. The molecule has 0 bridgehead atoms. The molecule has 1 heterocycles. The number of carbonyl (C=O) groups excluding carboxylic acids is 4. The Morgan fingerprint density at radius 1 is 0.933 bits per heavy atom. The van der Waals surface area contributed by atoms with E-state index in [1.807, 2.05) is 0 Å². The van der Waals surface area contributed by atoms with Gasteiger partial charge in [0.05, 0.1) is 6.61 Å². The fraction of sp³-hybridized carbons (Fsp3) is 0.632. The van der Waals surface area contributed by atoms with Gasteiger partial charge in [-0.3, -0.25) is 14.4 Å². The van der Waals surface area contributed by atoms with Crippen molar-refractivity contribution >= 4 is 29.8 Å². The lowest BCUT2D eigenvalue weighted by molar-refractivity contribution is -0.321. The maximum absolute atomic E-state index is 12.0. The smallest absolute Gasteiger partial charge is 0.333 e. The summed E-state index contributed by atoms with van der Waals surface area (Å²) in [7, 11) is 0. The second kappa shape index (κ2) is 11.3. The first-order valence-corrected chi connectivity index (χ1v) is 9.42. The van der Waals surface area contributed by atoms with Crippen LogP contribution in [0.3, 0.4) is 0 Å². The first-order valence-electron chi connectivity index (χ1n) is 9.42. The van der Waals surface area contributed by atoms with Crippen molar-refractivity contribution < 1.29 is 52.8 Å². The number of carboxylic acid groups (broad SMARTS) is 1. The first kappa shape index (κ1) is 25.1. The number of esters is 4. The predicted octanol–water partition coefficient (Wildman–Crippen LogP) is 0.882. The summed E-state index contributed by atoms with van der Waals surface area (Å²) < 4.78 is 26.7. The summed E-state index contributed by atoms with van der Waals surface area (Å²) in [5, 5.41) is 8.64. The maximum Gasteiger partial charge on any atom is 0.333 e. The molecule has 1 rings (SSSR count). The Morgan fingerprint density at radius 3 is 2.00 bits per heavy atom. The Balaban J connectivity index is 3.28. The molecule has 0 amide bonds. The number of hydrogen-bond acceptors (Lipinski definition) is 10. The van der Waals surface area contributed by atoms with E-state index in [-0.39, 0.29) is 25.9 Å². The van der Waals surface area contributed by atoms with Crippen LogP contribution in [0.5, 0.6) is 0 Å². The molecule has 1 aliphatic rings. The molecule has 0 aromatic heterocycles. The second-order valence-corrected chi connectivity index (χ2v) is 6.37. The zero-order chi connectivity index (χ0) is 22.9. The van der Waals surface area contributed by atoms with Crippen LogP contribution in [0.15, 0.2) is 12.2 Å². The van der Waals surface area contributed by atoms with Crippen molar-refractivity contribution in [3.05, 3.63) is 12.2 Å². The summed E-state index contributed by atoms with van der Waals surface area (Å²) in [5.74, 6) is -6.41. The van der Waals surface area contributed by atoms with Crippen LogP contribution in [0.4, 0.5) is 0 Å². The van der Waals surface area contributed by atoms with Crippen molar-refractivity contribution in [2.45, 2.75) is 71.1 Å². The van der Waals surface area contributed by atoms with Crippen molar-refractivity contribution in [2.75, 3.05) is 6.61 Å². The average molecular weight is 430 g/mol. The Morgan fingerprint density at radius 2 is 1.47 bits per heavy atom. The van der Waals surface area contributed by atoms with Gasteiger partial charge in [0, 0.05) is 38.3 Å². The molecule has 4 atom stereocenters. The molecular weight excluding hydrogens is 404 g/mol. The summed E-state index contributed by atoms with van der Waals surface area (Å²) in [6, 6.07) is 0. The summed E-state index contributed by atoms with van der Waals surface area (Å²) in [5.41, 5.74) is 0. The van der Waals surface area contributed by atoms with Gasteiger partial charge >= 0.3 is 29.8 Å². The number of ether oxygens (including phenoxy) is 5. The van der Waals surface area contributed by atoms with Crippen LogP contribution in [0.1, 0.15) is 47.0 Å². The Hall–Kier alpha value is -2.95. The third-order valence-electron chi connectivity index (χ3n) is 4.06. The van der Waals surface area contributed by atoms with Crippen molar-refractivity contribution in [3.63, 3.8) is 0 Å². The predicted molar refractivity (Wildman–Crippen MR) is 97.7 cm³/mol. The minimum atomic E-state index is -1.95. The van der Waals surface area contributed by atoms with Gasteiger partial charge in [0.15, 0.2) is 12.2 Å². The van der Waals surface area contributed by atoms with Crippen LogP contribution in [0, 0.1) is 0 Å². The summed E-state index contributed by atoms with van der Waals surface area (Å²) in [6.45, 7) is 5.55. The molecule has 1 saturated heterocycles. The van der Waals surface area contributed by atoms with Crippen LogP contribution in [-0.2, 0) is 47.7 Å². The van der Waals surface area contributed by atoms with Gasteiger partial charge in [0.2, 0.25) is 6.10 Å². The lowest BCUT2D eigenvalue weighted by atomic mass is 9.96. The summed E-state index contributed by atoms with van der Waals surface area (Å²) >= 11 is 0. The Labute approximate surface area is 173 Å². The summed E-state index contributed by atoms with van der Waals surface area (Å²) in [4.78, 5) is 58.4. The van der Waals surface area contributed by atoms with Crippen molar-refractivity contribution in [3.8, 4) is 0 Å². The molecule has 0 saturated carbocycles. The molecule has 30 heavy (non-hydrogen) atoms. The van der Waals surface area contributed by atoms with E-state index >= 15 is 0 Å². The van der Waals surface area contributed by atoms with Gasteiger partial charge in [-0.2, -0.15) is 0 Å². The molecular formula is C19H26O11. The molecule has 0 radical (unpaired) electrons. The molecule has 0 spiro atoms. The molecule has 0 aromatic carbocycles. The van der Waals surface area contributed by atoms with Crippen molar-refractivity contribution in [1.82, 2.24) is 0 Å². The molecule has 168 valence electrons. The largest absolute Gasteiger partial charge is 0.478 e. The normalized spacial score (nSPS) is 25.9. The number of carbonyl (C=O) groups is 5. The fourth-order valence-electron chi connectivity index (χ4n) is 2.50. The van der Waals surface area contributed by atoms with Crippen LogP contribution >= 0.6 is 0 Å². The monoisotopic (exact) mass is 430 g/mol. The lowest BCUT2D eigenvalue weighted by Crippen LogP contribution is -2.64. The SMILES string of the molecule is CCC(=O)O[C@H]1[C@@H](OC(=O)CC)[C@@](C)(OC(=O)/C=C/C(=O)O)OC[C@H]1OC(=O)CC. The molecule has 0 unspecified atom stereocenters. The lowest BCUT2D eigenvalue weighted by Gasteiger charge is -2.45. The van der Waals surface area contributed by atoms with E-state index in [1.54, 1.807) is 6.92 Å². The fourth-order valence-corrected chi connectivity index (χ4v) is 2.50. The molecule has 1 aliphatic heterocycles. The molecule has 11 heteroatoms. The average Bonchev–Trinajstić information content (AvgIpc) is 2.70. The zero-order valence-electron chi connectivity index (χ0n) is 17.2. The van der Waals surface area contributed by atoms with E-state index in [9.17, 15) is 24.0 Å². The number of aliphatic carboxylic acids is 1. The maximum atomic E-state index is 12.0. The van der Waals surface area contributed by atoms with Crippen LogP contribution in [0.25, 0.3) is 0 Å². The third-order valence-corrected chi connectivity index (χ3v) is 4.06. The molecule has 1 fully saturated rings. The summed E-state index contributed by atoms with van der Waals surface area (Å²) in [6.07, 6.45) is -2.75. The minimum Gasteiger partial charge on any atom is -0.478 e. The topological polar surface area (TPSA) is 152 Å². The van der Waals surface area contributed by atoms with Gasteiger partial charge in [-0.15, -0.1) is 0 Å². The van der Waals surface area contributed by atoms with E-state index in [1.165, 1.54) is 20.8 Å². The van der Waals surface area contributed by atoms with Gasteiger partial charge in [0.1, 0.15) is 0 Å². The minimum absolute atomic E-state index is 0.0158. The molecule has 1 N–H and O–H groups in total. The van der Waals surface area contributed by atoms with Gasteiger partial charge in [-0.1, -0.05) is 20.8 Å². The van der Waals surface area contributed by atoms with Gasteiger partial charge in [-0.05, 0) is 0 Å². The van der Waals surface area contributed by atoms with Crippen LogP contribution in [-0.4, -0.2) is 65.7 Å². The highest BCUT2D eigenvalue weighted by Crippen LogP contribution is 2.33. The highest BCUT2D eigenvalue weighted by Gasteiger charge is 2.56. The molecule has 0 aliphatic carbocycles. The second-order valence-electron chi connectivity index (χ2n) is 6.37. The van der Waals surface area contributed by atoms with Gasteiger partial charge in [-0.25, -0.2) is 9.59 Å². The Kier molecular flexibility index (Phi) is 9.44. The highest BCUT2D eigenvalue weighted by molar-refractivity contribution is 5.90. The number of hydrogen-bond donors (Lipinski definition) is 1. The van der Waals surface area contributed by atoms with Gasteiger partial charge in [0.25, 0.3) is 5.79 Å². The standard InChI is InChI=1S/C19H26O11/c1-5-13(22)27-11-10-26-19(4,30-16(25)9-8-12(20)21)18(29-15(24)7-3)17(11)28-14(23)6-2/h8-9,11,17-18H,5-7,10H2,1-4H3,(H,20,21)/b9-8+/t11-,17-,18-,19-/m1/s1. The van der Waals surface area contributed by atoms with E-state index in [0.29, 0.717) is 12.2 Å². The molecule has 11 nitrogen and oxygen atoms in total. The Bertz CT molecular complexity index is 699. The third kappa shape index (κ3) is 7.14. The van der Waals surface area contributed by atoms with Crippen molar-refractivity contribution in [1.29, 1.82) is 0 Å². The highest BCUT2D eigenvalue weighted by atomic mass is 16.8. The van der Waals surface area contributed by atoms with E-state index in [2.05, 4.69) is 0 Å². The number of rotatable bonds is 9. The van der Waals surface area contributed by atoms with Crippen molar-refractivity contribution in [2.24, 2.45) is 0 Å². The van der Waals surface area contributed by atoms with E-state index in [4.69, 9.17) is 28.8 Å². The van der Waals surface area contributed by atoms with Gasteiger partial charge < -0.3 is 28.8 Å².